The maximum atomic E-state index is 12.5. The summed E-state index contributed by atoms with van der Waals surface area (Å²) >= 11 is 5.99. The molecule has 29 heavy (non-hydrogen) atoms. The number of nitrogens with one attached hydrogen (secondary N) is 1. The number of benzene rings is 2. The number of ether oxygens (including phenoxy) is 1. The van der Waals surface area contributed by atoms with E-state index in [-0.39, 0.29) is 27.7 Å². The SMILES string of the molecule is O=C(Nc1cc([N+](=O)[O-])ccc1Cl)c1ccc(CS(=O)(=O)N2CCOCC2)cc1. The molecule has 1 amide bonds. The number of nitro benzene ring substituents is 1. The molecule has 11 heteroatoms. The minimum atomic E-state index is -3.47. The molecule has 1 saturated heterocycles. The number of halogens is 1. The van der Waals surface area contributed by atoms with Gasteiger partial charge in [0.05, 0.1) is 34.6 Å². The number of hydrogen-bond acceptors (Lipinski definition) is 6. The van der Waals surface area contributed by atoms with Gasteiger partial charge >= 0.3 is 0 Å². The lowest BCUT2D eigenvalue weighted by atomic mass is 10.1. The molecule has 9 nitrogen and oxygen atoms in total. The van der Waals surface area contributed by atoms with Gasteiger partial charge in [-0.2, -0.15) is 4.31 Å². The molecule has 2 aromatic carbocycles. The Kier molecular flexibility index (Phi) is 6.48. The average molecular weight is 440 g/mol. The van der Waals surface area contributed by atoms with Gasteiger partial charge in [0.2, 0.25) is 10.0 Å². The van der Waals surface area contributed by atoms with Crippen molar-refractivity contribution in [2.24, 2.45) is 0 Å². The Morgan fingerprint density at radius 2 is 1.83 bits per heavy atom. The molecule has 2 aromatic rings. The van der Waals surface area contributed by atoms with Crippen molar-refractivity contribution >= 4 is 38.9 Å². The molecule has 0 unspecified atom stereocenters. The van der Waals surface area contributed by atoms with E-state index in [0.29, 0.717) is 31.9 Å². The molecule has 154 valence electrons. The van der Waals surface area contributed by atoms with Crippen LogP contribution in [0.5, 0.6) is 0 Å². The Hall–Kier alpha value is -2.53. The zero-order chi connectivity index (χ0) is 21.0. The van der Waals surface area contributed by atoms with Crippen molar-refractivity contribution in [3.63, 3.8) is 0 Å². The second kappa shape index (κ2) is 8.87. The van der Waals surface area contributed by atoms with Gasteiger partial charge in [0.15, 0.2) is 0 Å². The standard InChI is InChI=1S/C18H18ClN3O6S/c19-16-6-5-15(22(24)25)11-17(16)20-18(23)14-3-1-13(2-4-14)12-29(26,27)21-7-9-28-10-8-21/h1-6,11H,7-10,12H2,(H,20,23). The smallest absolute Gasteiger partial charge is 0.271 e. The molecule has 3 rings (SSSR count). The molecule has 0 aliphatic carbocycles. The highest BCUT2D eigenvalue weighted by molar-refractivity contribution is 7.88. The molecule has 0 aromatic heterocycles. The molecule has 0 atom stereocenters. The fourth-order valence-electron chi connectivity index (χ4n) is 2.80. The van der Waals surface area contributed by atoms with E-state index < -0.39 is 20.9 Å². The third kappa shape index (κ3) is 5.30. The lowest BCUT2D eigenvalue weighted by Crippen LogP contribution is -2.41. The van der Waals surface area contributed by atoms with E-state index in [0.717, 1.165) is 0 Å². The first-order chi connectivity index (χ1) is 13.8. The highest BCUT2D eigenvalue weighted by Crippen LogP contribution is 2.27. The van der Waals surface area contributed by atoms with Crippen molar-refractivity contribution in [1.82, 2.24) is 4.31 Å². The summed E-state index contributed by atoms with van der Waals surface area (Å²) in [5.41, 5.74) is 0.722. The number of morpholine rings is 1. The first-order valence-corrected chi connectivity index (χ1v) is 10.6. The summed E-state index contributed by atoms with van der Waals surface area (Å²) in [7, 11) is -3.47. The minimum absolute atomic E-state index is 0.116. The number of hydrogen-bond donors (Lipinski definition) is 1. The first kappa shape index (κ1) is 21.2. The molecule has 1 fully saturated rings. The minimum Gasteiger partial charge on any atom is -0.379 e. The van der Waals surface area contributed by atoms with Crippen LogP contribution in [0, 0.1) is 10.1 Å². The summed E-state index contributed by atoms with van der Waals surface area (Å²) in [6.07, 6.45) is 0. The van der Waals surface area contributed by atoms with Gasteiger partial charge in [0.25, 0.3) is 11.6 Å². The number of anilines is 1. The predicted molar refractivity (Wildman–Crippen MR) is 108 cm³/mol. The number of rotatable bonds is 6. The lowest BCUT2D eigenvalue weighted by molar-refractivity contribution is -0.384. The molecule has 1 aliphatic rings. The van der Waals surface area contributed by atoms with Crippen LogP contribution in [0.3, 0.4) is 0 Å². The van der Waals surface area contributed by atoms with Gasteiger partial charge in [-0.15, -0.1) is 0 Å². The van der Waals surface area contributed by atoms with Crippen LogP contribution in [-0.4, -0.2) is 49.9 Å². The molecular weight excluding hydrogens is 422 g/mol. The van der Waals surface area contributed by atoms with Crippen LogP contribution in [0.2, 0.25) is 5.02 Å². The summed E-state index contributed by atoms with van der Waals surface area (Å²) < 4.78 is 31.5. The van der Waals surface area contributed by atoms with Crippen LogP contribution in [-0.2, 0) is 20.5 Å². The summed E-state index contributed by atoms with van der Waals surface area (Å²) in [6.45, 7) is 1.40. The predicted octanol–water partition coefficient (Wildman–Crippen LogP) is 2.66. The second-order valence-electron chi connectivity index (χ2n) is 6.34. The van der Waals surface area contributed by atoms with Gasteiger partial charge in [-0.3, -0.25) is 14.9 Å². The number of carbonyl (C=O) groups is 1. The Balaban J connectivity index is 1.69. The van der Waals surface area contributed by atoms with Gasteiger partial charge in [0.1, 0.15) is 0 Å². The molecule has 0 spiro atoms. The molecule has 0 saturated carbocycles. The Morgan fingerprint density at radius 3 is 2.45 bits per heavy atom. The van der Waals surface area contributed by atoms with E-state index in [4.69, 9.17) is 16.3 Å². The van der Waals surface area contributed by atoms with Crippen LogP contribution in [0.4, 0.5) is 11.4 Å². The maximum absolute atomic E-state index is 12.5. The first-order valence-electron chi connectivity index (χ1n) is 8.66. The van der Waals surface area contributed by atoms with Crippen LogP contribution < -0.4 is 5.32 Å². The maximum Gasteiger partial charge on any atom is 0.271 e. The molecule has 1 heterocycles. The molecular formula is C18H18ClN3O6S. The number of non-ortho nitro benzene ring substituents is 1. The third-order valence-corrected chi connectivity index (χ3v) is 6.52. The number of nitrogens with zero attached hydrogens (tertiary/aromatic N) is 2. The Morgan fingerprint density at radius 1 is 1.17 bits per heavy atom. The van der Waals surface area contributed by atoms with Crippen molar-refractivity contribution in [3.8, 4) is 0 Å². The topological polar surface area (TPSA) is 119 Å². The van der Waals surface area contributed by atoms with Crippen LogP contribution in [0.1, 0.15) is 15.9 Å². The van der Waals surface area contributed by atoms with E-state index in [2.05, 4.69) is 5.32 Å². The number of amides is 1. The summed E-state index contributed by atoms with van der Waals surface area (Å²) in [5, 5.41) is 13.6. The van der Waals surface area contributed by atoms with Gasteiger partial charge in [-0.1, -0.05) is 23.7 Å². The molecule has 1 aliphatic heterocycles. The highest BCUT2D eigenvalue weighted by atomic mass is 35.5. The lowest BCUT2D eigenvalue weighted by Gasteiger charge is -2.26. The largest absolute Gasteiger partial charge is 0.379 e. The monoisotopic (exact) mass is 439 g/mol. The van der Waals surface area contributed by atoms with Gasteiger partial charge < -0.3 is 10.1 Å². The zero-order valence-corrected chi connectivity index (χ0v) is 16.8. The number of carbonyl (C=O) groups excluding carboxylic acids is 1. The van der Waals surface area contributed by atoms with Gasteiger partial charge in [-0.25, -0.2) is 8.42 Å². The second-order valence-corrected chi connectivity index (χ2v) is 8.72. The summed E-state index contributed by atoms with van der Waals surface area (Å²) in [5.74, 6) is -0.694. The van der Waals surface area contributed by atoms with Crippen molar-refractivity contribution in [1.29, 1.82) is 0 Å². The zero-order valence-electron chi connectivity index (χ0n) is 15.2. The number of nitro groups is 1. The Labute approximate surface area is 172 Å². The van der Waals surface area contributed by atoms with E-state index >= 15 is 0 Å². The van der Waals surface area contributed by atoms with Crippen LogP contribution in [0.25, 0.3) is 0 Å². The fourth-order valence-corrected chi connectivity index (χ4v) is 4.46. The van der Waals surface area contributed by atoms with Crippen molar-refractivity contribution < 1.29 is 22.9 Å². The van der Waals surface area contributed by atoms with Crippen molar-refractivity contribution in [2.75, 3.05) is 31.6 Å². The number of sulfonamides is 1. The van der Waals surface area contributed by atoms with E-state index in [1.165, 1.54) is 34.6 Å². The van der Waals surface area contributed by atoms with E-state index in [1.54, 1.807) is 12.1 Å². The summed E-state index contributed by atoms with van der Waals surface area (Å²) in [4.78, 5) is 22.7. The van der Waals surface area contributed by atoms with Gasteiger partial charge in [-0.05, 0) is 23.8 Å². The average Bonchev–Trinajstić information content (AvgIpc) is 2.70. The summed E-state index contributed by atoms with van der Waals surface area (Å²) in [6, 6.07) is 9.83. The molecule has 1 N–H and O–H groups in total. The Bertz CT molecular complexity index is 1020. The highest BCUT2D eigenvalue weighted by Gasteiger charge is 2.24. The third-order valence-electron chi connectivity index (χ3n) is 4.34. The normalized spacial score (nSPS) is 15.1. The molecule has 0 bridgehead atoms. The van der Waals surface area contributed by atoms with Gasteiger partial charge in [0, 0.05) is 30.8 Å². The van der Waals surface area contributed by atoms with Crippen LogP contribution >= 0.6 is 11.6 Å². The van der Waals surface area contributed by atoms with E-state index in [1.807, 2.05) is 0 Å². The quantitative estimate of drug-likeness (QED) is 0.546. The van der Waals surface area contributed by atoms with E-state index in [9.17, 15) is 23.3 Å². The van der Waals surface area contributed by atoms with Crippen molar-refractivity contribution in [2.45, 2.75) is 5.75 Å². The van der Waals surface area contributed by atoms with Crippen molar-refractivity contribution in [3.05, 3.63) is 68.7 Å². The fraction of sp³-hybridized carbons (Fsp3) is 0.278. The molecule has 0 radical (unpaired) electrons. The van der Waals surface area contributed by atoms with Crippen LogP contribution in [0.15, 0.2) is 42.5 Å².